The number of aliphatic hydroxyl groups excluding tert-OH is 1. The Morgan fingerprint density at radius 3 is 2.45 bits per heavy atom. The van der Waals surface area contributed by atoms with Crippen LogP contribution in [0.1, 0.15) is 43.1 Å². The second-order valence-electron chi connectivity index (χ2n) is 6.00. The molecule has 0 saturated carbocycles. The van der Waals surface area contributed by atoms with Crippen molar-refractivity contribution in [2.24, 2.45) is 5.41 Å². The molecule has 0 bridgehead atoms. The summed E-state index contributed by atoms with van der Waals surface area (Å²) in [7, 11) is 0. The van der Waals surface area contributed by atoms with Crippen molar-refractivity contribution < 1.29 is 15.0 Å². The highest BCUT2D eigenvalue weighted by molar-refractivity contribution is 6.11. The second kappa shape index (κ2) is 4.82. The number of hydrogen-bond donors (Lipinski definition) is 2. The van der Waals surface area contributed by atoms with Crippen molar-refractivity contribution in [3.63, 3.8) is 0 Å². The monoisotopic (exact) mass is 272 g/mol. The zero-order chi connectivity index (χ0) is 15.1. The molecule has 0 saturated heterocycles. The summed E-state index contributed by atoms with van der Waals surface area (Å²) in [5.74, 6) is 0.182. The quantitative estimate of drug-likeness (QED) is 0.798. The van der Waals surface area contributed by atoms with E-state index in [9.17, 15) is 15.0 Å². The highest BCUT2D eigenvalue weighted by Gasteiger charge is 2.30. The highest BCUT2D eigenvalue weighted by atomic mass is 16.3. The van der Waals surface area contributed by atoms with Gasteiger partial charge < -0.3 is 10.2 Å². The van der Waals surface area contributed by atoms with Gasteiger partial charge in [0.15, 0.2) is 5.78 Å². The van der Waals surface area contributed by atoms with E-state index in [1.54, 1.807) is 31.2 Å². The number of allylic oxidation sites excluding steroid dienone is 3. The lowest BCUT2D eigenvalue weighted by atomic mass is 9.78. The average molecular weight is 272 g/mol. The number of aromatic hydroxyl groups is 1. The molecule has 0 radical (unpaired) electrons. The molecule has 3 heteroatoms. The van der Waals surface area contributed by atoms with Crippen LogP contribution >= 0.6 is 0 Å². The first-order valence-corrected chi connectivity index (χ1v) is 6.68. The van der Waals surface area contributed by atoms with Gasteiger partial charge in [0.25, 0.3) is 0 Å². The number of carbonyl (C=O) groups is 1. The molecule has 1 aromatic rings. The van der Waals surface area contributed by atoms with Crippen molar-refractivity contribution in [1.82, 2.24) is 0 Å². The molecule has 1 aromatic carbocycles. The van der Waals surface area contributed by atoms with Crippen LogP contribution in [-0.2, 0) is 0 Å². The van der Waals surface area contributed by atoms with Crippen molar-refractivity contribution in [2.45, 2.75) is 34.1 Å². The Morgan fingerprint density at radius 2 is 1.85 bits per heavy atom. The molecular weight excluding hydrogens is 252 g/mol. The van der Waals surface area contributed by atoms with Gasteiger partial charge in [-0.2, -0.15) is 0 Å². The molecule has 106 valence electrons. The first-order valence-electron chi connectivity index (χ1n) is 6.68. The van der Waals surface area contributed by atoms with E-state index in [0.717, 1.165) is 5.57 Å². The summed E-state index contributed by atoms with van der Waals surface area (Å²) < 4.78 is 0. The van der Waals surface area contributed by atoms with Crippen LogP contribution in [0.25, 0.3) is 0 Å². The van der Waals surface area contributed by atoms with Crippen LogP contribution in [0.4, 0.5) is 0 Å². The summed E-state index contributed by atoms with van der Waals surface area (Å²) >= 11 is 0. The predicted octanol–water partition coefficient (Wildman–Crippen LogP) is 4.07. The number of ketones is 1. The van der Waals surface area contributed by atoms with Crippen LogP contribution in [0.15, 0.2) is 41.2 Å². The van der Waals surface area contributed by atoms with Crippen LogP contribution in [0.5, 0.6) is 5.75 Å². The van der Waals surface area contributed by atoms with Crippen LogP contribution in [0, 0.1) is 12.3 Å². The van der Waals surface area contributed by atoms with Gasteiger partial charge in [-0.15, -0.1) is 0 Å². The molecule has 1 aliphatic carbocycles. The number of carbonyl (C=O) groups excluding carboxylic acids is 1. The Kier molecular flexibility index (Phi) is 3.46. The second-order valence-corrected chi connectivity index (χ2v) is 6.00. The Labute approximate surface area is 119 Å². The number of aliphatic hydroxyl groups is 1. The van der Waals surface area contributed by atoms with E-state index in [1.807, 2.05) is 20.8 Å². The molecule has 3 nitrogen and oxygen atoms in total. The SMILES string of the molecule is CC1=C(O)C(C)(C)C=C(C(=O)c2cccc(C)c2O)C1. The Morgan fingerprint density at radius 1 is 1.20 bits per heavy atom. The molecule has 0 aliphatic heterocycles. The van der Waals surface area contributed by atoms with E-state index in [4.69, 9.17) is 0 Å². The average Bonchev–Trinajstić information content (AvgIpc) is 2.37. The highest BCUT2D eigenvalue weighted by Crippen LogP contribution is 2.38. The van der Waals surface area contributed by atoms with Gasteiger partial charge in [-0.1, -0.05) is 18.2 Å². The van der Waals surface area contributed by atoms with Crippen molar-refractivity contribution in [3.8, 4) is 5.75 Å². The topological polar surface area (TPSA) is 57.5 Å². The van der Waals surface area contributed by atoms with E-state index in [0.29, 0.717) is 28.9 Å². The summed E-state index contributed by atoms with van der Waals surface area (Å²) in [4.78, 5) is 12.6. The summed E-state index contributed by atoms with van der Waals surface area (Å²) in [5, 5.41) is 20.1. The largest absolute Gasteiger partial charge is 0.511 e. The number of aryl methyl sites for hydroxylation is 1. The van der Waals surface area contributed by atoms with Gasteiger partial charge >= 0.3 is 0 Å². The number of rotatable bonds is 2. The minimum Gasteiger partial charge on any atom is -0.511 e. The third kappa shape index (κ3) is 2.36. The number of Topliss-reactive ketones (excluding diaryl/α,β-unsaturated/α-hetero) is 1. The number of hydrogen-bond acceptors (Lipinski definition) is 3. The fraction of sp³-hybridized carbons (Fsp3) is 0.353. The van der Waals surface area contributed by atoms with Crippen LogP contribution in [-0.4, -0.2) is 16.0 Å². The number of benzene rings is 1. The number of para-hydroxylation sites is 1. The third-order valence-corrected chi connectivity index (χ3v) is 3.78. The summed E-state index contributed by atoms with van der Waals surface area (Å²) in [5.41, 5.74) is 1.87. The Hall–Kier alpha value is -2.03. The molecule has 20 heavy (non-hydrogen) atoms. The molecule has 0 spiro atoms. The van der Waals surface area contributed by atoms with Crippen LogP contribution in [0.2, 0.25) is 0 Å². The van der Waals surface area contributed by atoms with Crippen molar-refractivity contribution >= 4 is 5.78 Å². The smallest absolute Gasteiger partial charge is 0.192 e. The summed E-state index contributed by atoms with van der Waals surface area (Å²) in [6.07, 6.45) is 2.21. The minimum atomic E-state index is -0.549. The van der Waals surface area contributed by atoms with E-state index < -0.39 is 5.41 Å². The molecular formula is C17H20O3. The third-order valence-electron chi connectivity index (χ3n) is 3.78. The van der Waals surface area contributed by atoms with E-state index >= 15 is 0 Å². The summed E-state index contributed by atoms with van der Waals surface area (Å²) in [6, 6.07) is 5.16. The standard InChI is InChI=1S/C17H20O3/c1-10-6-5-7-13(14(10)18)15(19)12-8-11(2)16(20)17(3,4)9-12/h5-7,9,18,20H,8H2,1-4H3. The fourth-order valence-electron chi connectivity index (χ4n) is 2.64. The van der Waals surface area contributed by atoms with Crippen molar-refractivity contribution in [3.05, 3.63) is 52.3 Å². The molecule has 2 N–H and O–H groups in total. The molecule has 0 heterocycles. The maximum absolute atomic E-state index is 12.6. The Balaban J connectivity index is 2.43. The van der Waals surface area contributed by atoms with Gasteiger partial charge in [0.2, 0.25) is 0 Å². The zero-order valence-electron chi connectivity index (χ0n) is 12.3. The van der Waals surface area contributed by atoms with Crippen molar-refractivity contribution in [1.29, 1.82) is 0 Å². The van der Waals surface area contributed by atoms with E-state index in [-0.39, 0.29) is 11.5 Å². The lowest BCUT2D eigenvalue weighted by Crippen LogP contribution is -2.21. The van der Waals surface area contributed by atoms with Gasteiger partial charge in [-0.25, -0.2) is 0 Å². The summed E-state index contributed by atoms with van der Waals surface area (Å²) in [6.45, 7) is 7.33. The molecule has 0 amide bonds. The predicted molar refractivity (Wildman–Crippen MR) is 79.0 cm³/mol. The normalized spacial score (nSPS) is 17.9. The molecule has 0 fully saturated rings. The minimum absolute atomic E-state index is 0.0348. The molecule has 0 atom stereocenters. The maximum Gasteiger partial charge on any atom is 0.192 e. The fourth-order valence-corrected chi connectivity index (χ4v) is 2.64. The first-order chi connectivity index (χ1) is 9.24. The molecule has 1 aliphatic rings. The van der Waals surface area contributed by atoms with Crippen LogP contribution < -0.4 is 0 Å². The molecule has 2 rings (SSSR count). The van der Waals surface area contributed by atoms with Gasteiger partial charge in [0.05, 0.1) is 5.56 Å². The van der Waals surface area contributed by atoms with Gasteiger partial charge in [-0.3, -0.25) is 4.79 Å². The van der Waals surface area contributed by atoms with E-state index in [2.05, 4.69) is 0 Å². The first kappa shape index (κ1) is 14.4. The Bertz CT molecular complexity index is 634. The molecule has 0 unspecified atom stereocenters. The lowest BCUT2D eigenvalue weighted by Gasteiger charge is -2.28. The zero-order valence-corrected chi connectivity index (χ0v) is 12.3. The van der Waals surface area contributed by atoms with Gasteiger partial charge in [0, 0.05) is 17.4 Å². The number of phenols is 1. The maximum atomic E-state index is 12.6. The van der Waals surface area contributed by atoms with E-state index in [1.165, 1.54) is 0 Å². The van der Waals surface area contributed by atoms with Gasteiger partial charge in [-0.05, 0) is 44.9 Å². The molecule has 0 aromatic heterocycles. The number of phenolic OH excluding ortho intramolecular Hbond substituents is 1. The van der Waals surface area contributed by atoms with Gasteiger partial charge in [0.1, 0.15) is 11.5 Å². The van der Waals surface area contributed by atoms with Crippen LogP contribution in [0.3, 0.4) is 0 Å². The lowest BCUT2D eigenvalue weighted by molar-refractivity contribution is 0.102. The van der Waals surface area contributed by atoms with Crippen molar-refractivity contribution in [2.75, 3.05) is 0 Å².